The minimum absolute atomic E-state index is 0.309. The molecule has 21 heavy (non-hydrogen) atoms. The summed E-state index contributed by atoms with van der Waals surface area (Å²) in [5, 5.41) is 0. The Balaban J connectivity index is 2.01. The van der Waals surface area contributed by atoms with Crippen molar-refractivity contribution in [2.75, 3.05) is 0 Å². The monoisotopic (exact) mass is 266 g/mol. The van der Waals surface area contributed by atoms with Crippen molar-refractivity contribution in [3.63, 3.8) is 0 Å². The topological polar surface area (TPSA) is 0 Å². The highest BCUT2D eigenvalue weighted by Crippen LogP contribution is 2.47. The highest BCUT2D eigenvalue weighted by Gasteiger charge is 2.29. The zero-order valence-electron chi connectivity index (χ0n) is 11.6. The van der Waals surface area contributed by atoms with Gasteiger partial charge in [0.25, 0.3) is 0 Å². The average Bonchev–Trinajstić information content (AvgIpc) is 2.89. The molecule has 0 N–H and O–H groups in total. The molecule has 1 atom stereocenters. The van der Waals surface area contributed by atoms with Crippen molar-refractivity contribution in [1.29, 1.82) is 0 Å². The van der Waals surface area contributed by atoms with Crippen LogP contribution in [0.4, 0.5) is 0 Å². The Kier molecular flexibility index (Phi) is 2.66. The van der Waals surface area contributed by atoms with Crippen molar-refractivity contribution in [3.05, 3.63) is 95.1 Å². The minimum Gasteiger partial charge on any atom is -0.115 e. The van der Waals surface area contributed by atoms with Crippen LogP contribution in [-0.4, -0.2) is 0 Å². The molecule has 0 saturated heterocycles. The Morgan fingerprint density at radius 1 is 0.714 bits per heavy atom. The summed E-state index contributed by atoms with van der Waals surface area (Å²) in [6, 6.07) is 25.7. The average molecular weight is 266 g/mol. The van der Waals surface area contributed by atoms with Gasteiger partial charge in [-0.15, -0.1) is 6.42 Å². The molecule has 0 heterocycles. The molecule has 0 fully saturated rings. The van der Waals surface area contributed by atoms with Gasteiger partial charge in [-0.2, -0.15) is 0 Å². The van der Waals surface area contributed by atoms with E-state index < -0.39 is 0 Å². The lowest BCUT2D eigenvalue weighted by Gasteiger charge is -2.14. The highest BCUT2D eigenvalue weighted by molar-refractivity contribution is 5.81. The fourth-order valence-electron chi connectivity index (χ4n) is 3.30. The molecule has 1 aliphatic rings. The van der Waals surface area contributed by atoms with Crippen LogP contribution in [0.15, 0.2) is 72.8 Å². The lowest BCUT2D eigenvalue weighted by Crippen LogP contribution is -1.98. The van der Waals surface area contributed by atoms with Crippen molar-refractivity contribution in [2.24, 2.45) is 0 Å². The highest BCUT2D eigenvalue weighted by atomic mass is 14.3. The van der Waals surface area contributed by atoms with E-state index in [-0.39, 0.29) is 0 Å². The normalized spacial score (nSPS) is 15.1. The van der Waals surface area contributed by atoms with Gasteiger partial charge in [0.05, 0.1) is 0 Å². The Bertz CT molecular complexity index is 851. The molecule has 0 amide bonds. The molecule has 0 aromatic heterocycles. The second kappa shape index (κ2) is 4.65. The van der Waals surface area contributed by atoms with E-state index in [9.17, 15) is 0 Å². The number of hydrogen-bond acceptors (Lipinski definition) is 0. The molecule has 0 heteroatoms. The second-order valence-corrected chi connectivity index (χ2v) is 5.38. The van der Waals surface area contributed by atoms with Crippen LogP contribution in [-0.2, 0) is 0 Å². The fourth-order valence-corrected chi connectivity index (χ4v) is 3.30. The van der Waals surface area contributed by atoms with Crippen molar-refractivity contribution in [2.45, 2.75) is 5.92 Å². The molecule has 0 nitrogen and oxygen atoms in total. The summed E-state index contributed by atoms with van der Waals surface area (Å²) in [5.74, 6) is 3.05. The van der Waals surface area contributed by atoms with Crippen LogP contribution in [0.5, 0.6) is 0 Å². The molecule has 0 aliphatic heterocycles. The van der Waals surface area contributed by atoms with Crippen LogP contribution < -0.4 is 0 Å². The van der Waals surface area contributed by atoms with E-state index in [2.05, 4.69) is 72.7 Å². The number of rotatable bonds is 1. The summed E-state index contributed by atoms with van der Waals surface area (Å²) >= 11 is 0. The van der Waals surface area contributed by atoms with E-state index in [0.717, 1.165) is 5.56 Å². The van der Waals surface area contributed by atoms with Gasteiger partial charge >= 0.3 is 0 Å². The number of terminal acetylenes is 1. The minimum atomic E-state index is 0.309. The predicted molar refractivity (Wildman–Crippen MR) is 87.2 cm³/mol. The first-order valence-electron chi connectivity index (χ1n) is 7.13. The van der Waals surface area contributed by atoms with Crippen molar-refractivity contribution < 1.29 is 0 Å². The maximum Gasteiger partial charge on any atom is 0.0352 e. The van der Waals surface area contributed by atoms with Gasteiger partial charge in [0, 0.05) is 11.5 Å². The SMILES string of the molecule is C#Cc1ccc2c(c1)-c1ccccc1C2c1ccccc1. The zero-order valence-corrected chi connectivity index (χ0v) is 11.6. The van der Waals surface area contributed by atoms with E-state index in [1.54, 1.807) is 0 Å². The molecule has 3 aromatic carbocycles. The molecule has 0 radical (unpaired) electrons. The third kappa shape index (κ3) is 1.79. The van der Waals surface area contributed by atoms with E-state index in [0.29, 0.717) is 5.92 Å². The largest absolute Gasteiger partial charge is 0.115 e. The molecular weight excluding hydrogens is 252 g/mol. The standard InChI is InChI=1S/C21H14/c1-2-15-12-13-19-20(14-15)17-10-6-7-11-18(17)21(19)16-8-4-3-5-9-16/h1,3-14,21H. The summed E-state index contributed by atoms with van der Waals surface area (Å²) in [6.07, 6.45) is 5.56. The Labute approximate surface area is 125 Å². The van der Waals surface area contributed by atoms with Gasteiger partial charge in [-0.3, -0.25) is 0 Å². The third-order valence-corrected chi connectivity index (χ3v) is 4.23. The van der Waals surface area contributed by atoms with E-state index >= 15 is 0 Å². The first-order valence-corrected chi connectivity index (χ1v) is 7.13. The maximum atomic E-state index is 5.56. The molecule has 0 bridgehead atoms. The molecule has 4 rings (SSSR count). The van der Waals surface area contributed by atoms with Gasteiger partial charge in [0.1, 0.15) is 0 Å². The lowest BCUT2D eigenvalue weighted by molar-refractivity contribution is 1.01. The van der Waals surface area contributed by atoms with Crippen molar-refractivity contribution in [3.8, 4) is 23.5 Å². The van der Waals surface area contributed by atoms with Crippen molar-refractivity contribution in [1.82, 2.24) is 0 Å². The predicted octanol–water partition coefficient (Wildman–Crippen LogP) is 4.83. The van der Waals surface area contributed by atoms with Crippen LogP contribution in [0.2, 0.25) is 0 Å². The van der Waals surface area contributed by atoms with Gasteiger partial charge in [-0.1, -0.05) is 66.6 Å². The lowest BCUT2D eigenvalue weighted by atomic mass is 9.89. The molecule has 98 valence electrons. The van der Waals surface area contributed by atoms with Gasteiger partial charge in [0.2, 0.25) is 0 Å². The molecule has 1 unspecified atom stereocenters. The van der Waals surface area contributed by atoms with E-state index in [1.165, 1.54) is 27.8 Å². The Hall–Kier alpha value is -2.78. The summed E-state index contributed by atoms with van der Waals surface area (Å²) in [5.41, 5.74) is 7.57. The summed E-state index contributed by atoms with van der Waals surface area (Å²) in [4.78, 5) is 0. The van der Waals surface area contributed by atoms with Gasteiger partial charge in [-0.05, 0) is 39.9 Å². The Morgan fingerprint density at radius 2 is 1.43 bits per heavy atom. The summed E-state index contributed by atoms with van der Waals surface area (Å²) < 4.78 is 0. The molecular formula is C21H14. The summed E-state index contributed by atoms with van der Waals surface area (Å²) in [7, 11) is 0. The zero-order chi connectivity index (χ0) is 14.2. The van der Waals surface area contributed by atoms with Crippen molar-refractivity contribution >= 4 is 0 Å². The van der Waals surface area contributed by atoms with Crippen LogP contribution in [0.1, 0.15) is 28.2 Å². The molecule has 1 aliphatic carbocycles. The van der Waals surface area contributed by atoms with Gasteiger partial charge < -0.3 is 0 Å². The fraction of sp³-hybridized carbons (Fsp3) is 0.0476. The van der Waals surface area contributed by atoms with E-state index in [4.69, 9.17) is 6.42 Å². The van der Waals surface area contributed by atoms with Gasteiger partial charge in [-0.25, -0.2) is 0 Å². The number of fused-ring (bicyclic) bond motifs is 3. The van der Waals surface area contributed by atoms with Gasteiger partial charge in [0.15, 0.2) is 0 Å². The van der Waals surface area contributed by atoms with Crippen LogP contribution >= 0.6 is 0 Å². The third-order valence-electron chi connectivity index (χ3n) is 4.23. The summed E-state index contributed by atoms with van der Waals surface area (Å²) in [6.45, 7) is 0. The maximum absolute atomic E-state index is 5.56. The number of benzene rings is 3. The van der Waals surface area contributed by atoms with Crippen LogP contribution in [0.25, 0.3) is 11.1 Å². The molecule has 3 aromatic rings. The molecule has 0 saturated carbocycles. The first kappa shape index (κ1) is 12.0. The van der Waals surface area contributed by atoms with Crippen LogP contribution in [0.3, 0.4) is 0 Å². The second-order valence-electron chi connectivity index (χ2n) is 5.38. The first-order chi connectivity index (χ1) is 10.4. The quantitative estimate of drug-likeness (QED) is 0.433. The molecule has 0 spiro atoms. The smallest absolute Gasteiger partial charge is 0.0352 e. The van der Waals surface area contributed by atoms with E-state index in [1.807, 2.05) is 6.07 Å². The number of hydrogen-bond donors (Lipinski definition) is 0. The Morgan fingerprint density at radius 3 is 2.24 bits per heavy atom. The van der Waals surface area contributed by atoms with Crippen LogP contribution in [0, 0.1) is 12.3 Å².